The number of carboxylic acids is 1. The standard InChI is InChI=1S/C30H34N4O3/c1-6-10-27-31-28-20(3)17-23(33(7-2)30(37)32(4)5)18-26(28)34(27)19-21-13-15-22(16-14-21)24-11-8-9-12-25(24)29(35)36/h8-9,11-18H,6-7,10,19H2,1-5H3,(H,35,36). The van der Waals surface area contributed by atoms with Gasteiger partial charge in [-0.1, -0.05) is 49.4 Å². The number of carbonyl (C=O) groups is 2. The van der Waals surface area contributed by atoms with E-state index < -0.39 is 5.97 Å². The Balaban J connectivity index is 1.75. The van der Waals surface area contributed by atoms with Crippen LogP contribution in [0.1, 0.15) is 47.6 Å². The van der Waals surface area contributed by atoms with E-state index in [4.69, 9.17) is 4.98 Å². The van der Waals surface area contributed by atoms with Crippen LogP contribution in [0.3, 0.4) is 0 Å². The van der Waals surface area contributed by atoms with Gasteiger partial charge in [0, 0.05) is 39.3 Å². The quantitative estimate of drug-likeness (QED) is 0.313. The molecule has 3 aromatic carbocycles. The van der Waals surface area contributed by atoms with Crippen LogP contribution in [0, 0.1) is 6.92 Å². The molecule has 0 saturated carbocycles. The van der Waals surface area contributed by atoms with Gasteiger partial charge in [-0.25, -0.2) is 14.6 Å². The van der Waals surface area contributed by atoms with Crippen molar-refractivity contribution in [2.24, 2.45) is 0 Å². The van der Waals surface area contributed by atoms with Crippen LogP contribution in [0.15, 0.2) is 60.7 Å². The molecular weight excluding hydrogens is 464 g/mol. The van der Waals surface area contributed by atoms with Gasteiger partial charge in [0.05, 0.1) is 16.6 Å². The molecule has 1 N–H and O–H groups in total. The van der Waals surface area contributed by atoms with E-state index in [9.17, 15) is 14.7 Å². The molecule has 1 heterocycles. The van der Waals surface area contributed by atoms with E-state index in [0.717, 1.165) is 52.1 Å². The third kappa shape index (κ3) is 5.21. The van der Waals surface area contributed by atoms with E-state index in [1.807, 2.05) is 56.3 Å². The highest BCUT2D eigenvalue weighted by Crippen LogP contribution is 2.29. The van der Waals surface area contributed by atoms with Crippen molar-refractivity contribution in [2.45, 2.75) is 40.2 Å². The summed E-state index contributed by atoms with van der Waals surface area (Å²) in [4.78, 5) is 32.8. The summed E-state index contributed by atoms with van der Waals surface area (Å²) < 4.78 is 2.24. The van der Waals surface area contributed by atoms with Gasteiger partial charge in [-0.3, -0.25) is 4.90 Å². The number of amides is 2. The van der Waals surface area contributed by atoms with Gasteiger partial charge >= 0.3 is 12.0 Å². The highest BCUT2D eigenvalue weighted by atomic mass is 16.4. The van der Waals surface area contributed by atoms with E-state index in [1.165, 1.54) is 0 Å². The summed E-state index contributed by atoms with van der Waals surface area (Å²) in [6, 6.07) is 19.1. The lowest BCUT2D eigenvalue weighted by atomic mass is 9.99. The number of hydrogen-bond acceptors (Lipinski definition) is 3. The maximum atomic E-state index is 12.8. The topological polar surface area (TPSA) is 78.7 Å². The van der Waals surface area contributed by atoms with Crippen molar-refractivity contribution in [3.8, 4) is 11.1 Å². The summed E-state index contributed by atoms with van der Waals surface area (Å²) in [5.74, 6) is 0.0776. The third-order valence-corrected chi connectivity index (χ3v) is 6.59. The molecule has 0 saturated heterocycles. The summed E-state index contributed by atoms with van der Waals surface area (Å²) in [5, 5.41) is 9.56. The average Bonchev–Trinajstić information content (AvgIpc) is 3.22. The predicted octanol–water partition coefficient (Wildman–Crippen LogP) is 6.22. The lowest BCUT2D eigenvalue weighted by Gasteiger charge is -2.25. The zero-order chi connectivity index (χ0) is 26.7. The van der Waals surface area contributed by atoms with Gasteiger partial charge < -0.3 is 14.6 Å². The zero-order valence-electron chi connectivity index (χ0n) is 22.2. The SMILES string of the molecule is CCCc1nc2c(C)cc(N(CC)C(=O)N(C)C)cc2n1Cc1ccc(-c2ccccc2C(=O)O)cc1. The van der Waals surface area contributed by atoms with Gasteiger partial charge in [0.15, 0.2) is 0 Å². The van der Waals surface area contributed by atoms with Crippen molar-refractivity contribution in [1.29, 1.82) is 0 Å². The predicted molar refractivity (Wildman–Crippen MR) is 149 cm³/mol. The fourth-order valence-corrected chi connectivity index (χ4v) is 4.73. The van der Waals surface area contributed by atoms with Crippen LogP contribution < -0.4 is 4.90 Å². The molecule has 0 bridgehead atoms. The molecule has 0 atom stereocenters. The maximum absolute atomic E-state index is 12.8. The van der Waals surface area contributed by atoms with Gasteiger partial charge in [-0.05, 0) is 60.7 Å². The number of imidazole rings is 1. The van der Waals surface area contributed by atoms with Crippen molar-refractivity contribution in [1.82, 2.24) is 14.5 Å². The number of benzene rings is 3. The number of carboxylic acid groups (broad SMARTS) is 1. The first kappa shape index (κ1) is 25.9. The number of anilines is 1. The Morgan fingerprint density at radius 3 is 2.32 bits per heavy atom. The molecule has 192 valence electrons. The second-order valence-electron chi connectivity index (χ2n) is 9.46. The van der Waals surface area contributed by atoms with Crippen molar-refractivity contribution in [3.63, 3.8) is 0 Å². The molecular formula is C30H34N4O3. The van der Waals surface area contributed by atoms with Gasteiger partial charge in [0.1, 0.15) is 5.82 Å². The first-order valence-corrected chi connectivity index (χ1v) is 12.6. The number of carbonyl (C=O) groups excluding carboxylic acids is 1. The van der Waals surface area contributed by atoms with Crippen molar-refractivity contribution in [2.75, 3.05) is 25.5 Å². The molecule has 2 amide bonds. The summed E-state index contributed by atoms with van der Waals surface area (Å²) in [6.45, 7) is 7.36. The normalized spacial score (nSPS) is 11.1. The Morgan fingerprint density at radius 2 is 1.70 bits per heavy atom. The molecule has 0 unspecified atom stereocenters. The van der Waals surface area contributed by atoms with E-state index >= 15 is 0 Å². The number of aromatic carboxylic acids is 1. The Morgan fingerprint density at radius 1 is 1.00 bits per heavy atom. The number of hydrogen-bond donors (Lipinski definition) is 1. The van der Waals surface area contributed by atoms with Gasteiger partial charge in [-0.15, -0.1) is 0 Å². The minimum absolute atomic E-state index is 0.0571. The van der Waals surface area contributed by atoms with Crippen LogP contribution >= 0.6 is 0 Å². The monoisotopic (exact) mass is 498 g/mol. The van der Waals surface area contributed by atoms with Crippen LogP contribution in [-0.4, -0.2) is 52.2 Å². The van der Waals surface area contributed by atoms with Crippen LogP contribution in [0.5, 0.6) is 0 Å². The fraction of sp³-hybridized carbons (Fsp3) is 0.300. The molecule has 0 radical (unpaired) electrons. The number of aryl methyl sites for hydroxylation is 2. The summed E-state index contributed by atoms with van der Waals surface area (Å²) in [5.41, 5.74) is 6.79. The number of nitrogens with zero attached hydrogens (tertiary/aromatic N) is 4. The molecule has 1 aromatic heterocycles. The summed E-state index contributed by atoms with van der Waals surface area (Å²) in [6.07, 6.45) is 1.82. The molecule has 0 aliphatic rings. The molecule has 4 aromatic rings. The molecule has 37 heavy (non-hydrogen) atoms. The van der Waals surface area contributed by atoms with Crippen LogP contribution in [0.2, 0.25) is 0 Å². The number of aromatic nitrogens is 2. The lowest BCUT2D eigenvalue weighted by molar-refractivity contribution is 0.0697. The molecule has 0 fully saturated rings. The smallest absolute Gasteiger partial charge is 0.336 e. The maximum Gasteiger partial charge on any atom is 0.336 e. The second kappa shape index (κ2) is 10.9. The zero-order valence-corrected chi connectivity index (χ0v) is 22.2. The highest BCUT2D eigenvalue weighted by molar-refractivity contribution is 5.96. The van der Waals surface area contributed by atoms with E-state index in [-0.39, 0.29) is 11.6 Å². The van der Waals surface area contributed by atoms with Crippen molar-refractivity contribution >= 4 is 28.7 Å². The molecule has 0 spiro atoms. The number of urea groups is 1. The van der Waals surface area contributed by atoms with Crippen LogP contribution in [0.25, 0.3) is 22.2 Å². The molecule has 0 aliphatic carbocycles. The van der Waals surface area contributed by atoms with Gasteiger partial charge in [0.2, 0.25) is 0 Å². The van der Waals surface area contributed by atoms with Crippen molar-refractivity contribution in [3.05, 3.63) is 83.2 Å². The van der Waals surface area contributed by atoms with Crippen molar-refractivity contribution < 1.29 is 14.7 Å². The molecule has 7 heteroatoms. The first-order chi connectivity index (χ1) is 17.7. The Kier molecular flexibility index (Phi) is 7.62. The Bertz CT molecular complexity index is 1440. The van der Waals surface area contributed by atoms with Crippen LogP contribution in [0.4, 0.5) is 10.5 Å². The fourth-order valence-electron chi connectivity index (χ4n) is 4.73. The molecule has 7 nitrogen and oxygen atoms in total. The average molecular weight is 499 g/mol. The van der Waals surface area contributed by atoms with E-state index in [0.29, 0.717) is 18.7 Å². The lowest BCUT2D eigenvalue weighted by Crippen LogP contribution is -2.39. The second-order valence-corrected chi connectivity index (χ2v) is 9.46. The Hall–Kier alpha value is -4.13. The van der Waals surface area contributed by atoms with Gasteiger partial charge in [-0.2, -0.15) is 0 Å². The summed E-state index contributed by atoms with van der Waals surface area (Å²) in [7, 11) is 3.52. The molecule has 4 rings (SSSR count). The summed E-state index contributed by atoms with van der Waals surface area (Å²) >= 11 is 0. The third-order valence-electron chi connectivity index (χ3n) is 6.59. The highest BCUT2D eigenvalue weighted by Gasteiger charge is 2.20. The number of fused-ring (bicyclic) bond motifs is 1. The van der Waals surface area contributed by atoms with E-state index in [2.05, 4.69) is 17.6 Å². The van der Waals surface area contributed by atoms with E-state index in [1.54, 1.807) is 36.0 Å². The minimum Gasteiger partial charge on any atom is -0.478 e. The van der Waals surface area contributed by atoms with Gasteiger partial charge in [0.25, 0.3) is 0 Å². The largest absolute Gasteiger partial charge is 0.478 e. The molecule has 0 aliphatic heterocycles. The Labute approximate surface area is 218 Å². The minimum atomic E-state index is -0.936. The van der Waals surface area contributed by atoms with Crippen LogP contribution in [-0.2, 0) is 13.0 Å². The number of rotatable bonds is 8. The first-order valence-electron chi connectivity index (χ1n) is 12.6.